The molecular weight excluding hydrogens is 204 g/mol. The minimum atomic E-state index is 0.352. The third-order valence-electron chi connectivity index (χ3n) is 2.52. The van der Waals surface area contributed by atoms with Gasteiger partial charge in [0, 0.05) is 31.1 Å². The van der Waals surface area contributed by atoms with Gasteiger partial charge in [-0.05, 0) is 13.8 Å². The van der Waals surface area contributed by atoms with Crippen LogP contribution in [-0.4, -0.2) is 29.7 Å². The zero-order valence-corrected chi connectivity index (χ0v) is 10.0. The highest BCUT2D eigenvalue weighted by atomic mass is 16.5. The molecule has 16 heavy (non-hydrogen) atoms. The number of fused-ring (bicyclic) bond motifs is 1. The number of hydrogen-bond acceptors (Lipinski definition) is 5. The lowest BCUT2D eigenvalue weighted by molar-refractivity contribution is 0.376. The van der Waals surface area contributed by atoms with Crippen LogP contribution in [0.3, 0.4) is 0 Å². The Morgan fingerprint density at radius 1 is 1.38 bits per heavy atom. The summed E-state index contributed by atoms with van der Waals surface area (Å²) in [7, 11) is 1.60. The summed E-state index contributed by atoms with van der Waals surface area (Å²) in [4.78, 5) is 8.75. The van der Waals surface area contributed by atoms with Crippen molar-refractivity contribution in [3.63, 3.8) is 0 Å². The van der Waals surface area contributed by atoms with Gasteiger partial charge < -0.3 is 15.4 Å². The molecule has 1 aliphatic rings. The molecule has 0 fully saturated rings. The van der Waals surface area contributed by atoms with E-state index in [0.29, 0.717) is 12.1 Å². The molecule has 0 aliphatic carbocycles. The number of nitrogens with one attached hydrogen (secondary N) is 2. The molecule has 1 aromatic heterocycles. The van der Waals surface area contributed by atoms with E-state index in [1.165, 1.54) is 5.56 Å². The average molecular weight is 222 g/mol. The third kappa shape index (κ3) is 2.24. The second kappa shape index (κ2) is 4.65. The number of hydrogen-bond donors (Lipinski definition) is 2. The SMILES string of the molecule is COc1nc2c(c(NC(C)C)n1)CNCC2. The van der Waals surface area contributed by atoms with Gasteiger partial charge in [0.1, 0.15) is 5.82 Å². The highest BCUT2D eigenvalue weighted by Gasteiger charge is 2.18. The van der Waals surface area contributed by atoms with E-state index in [1.807, 2.05) is 0 Å². The smallest absolute Gasteiger partial charge is 0.318 e. The van der Waals surface area contributed by atoms with E-state index >= 15 is 0 Å². The van der Waals surface area contributed by atoms with Crippen LogP contribution < -0.4 is 15.4 Å². The molecule has 0 radical (unpaired) electrons. The molecule has 0 bridgehead atoms. The maximum atomic E-state index is 5.12. The largest absolute Gasteiger partial charge is 0.467 e. The summed E-state index contributed by atoms with van der Waals surface area (Å²) in [5.74, 6) is 0.893. The first-order valence-corrected chi connectivity index (χ1v) is 5.61. The van der Waals surface area contributed by atoms with Gasteiger partial charge in [0.05, 0.1) is 12.8 Å². The van der Waals surface area contributed by atoms with E-state index in [2.05, 4.69) is 34.4 Å². The summed E-state index contributed by atoms with van der Waals surface area (Å²) in [5, 5.41) is 6.67. The molecule has 0 unspecified atom stereocenters. The fourth-order valence-electron chi connectivity index (χ4n) is 1.80. The Balaban J connectivity index is 2.39. The standard InChI is InChI=1S/C11H18N4O/c1-7(2)13-10-8-6-12-5-4-9(8)14-11(15-10)16-3/h7,12H,4-6H2,1-3H3,(H,13,14,15). The quantitative estimate of drug-likeness (QED) is 0.797. The normalized spacial score (nSPS) is 14.8. The Kier molecular flexibility index (Phi) is 3.24. The molecule has 0 atom stereocenters. The van der Waals surface area contributed by atoms with Gasteiger partial charge in [-0.2, -0.15) is 9.97 Å². The molecule has 88 valence electrons. The molecule has 0 saturated carbocycles. The Hall–Kier alpha value is -1.36. The number of ether oxygens (including phenoxy) is 1. The Morgan fingerprint density at radius 2 is 2.19 bits per heavy atom. The van der Waals surface area contributed by atoms with Crippen molar-refractivity contribution >= 4 is 5.82 Å². The Labute approximate surface area is 95.6 Å². The van der Waals surface area contributed by atoms with Gasteiger partial charge in [0.25, 0.3) is 0 Å². The maximum absolute atomic E-state index is 5.12. The molecular formula is C11H18N4O. The number of rotatable bonds is 3. The second-order valence-electron chi connectivity index (χ2n) is 4.21. The Bertz CT molecular complexity index is 378. The monoisotopic (exact) mass is 222 g/mol. The van der Waals surface area contributed by atoms with E-state index in [4.69, 9.17) is 4.74 Å². The fourth-order valence-corrected chi connectivity index (χ4v) is 1.80. The van der Waals surface area contributed by atoms with Gasteiger partial charge in [-0.3, -0.25) is 0 Å². The van der Waals surface area contributed by atoms with Crippen molar-refractivity contribution in [3.05, 3.63) is 11.3 Å². The first-order chi connectivity index (χ1) is 7.70. The number of aromatic nitrogens is 2. The Morgan fingerprint density at radius 3 is 2.88 bits per heavy atom. The molecule has 0 saturated heterocycles. The topological polar surface area (TPSA) is 59.1 Å². The molecule has 1 aromatic rings. The van der Waals surface area contributed by atoms with Gasteiger partial charge >= 0.3 is 6.01 Å². The molecule has 0 spiro atoms. The van der Waals surface area contributed by atoms with Crippen LogP contribution in [0.2, 0.25) is 0 Å². The predicted molar refractivity (Wildman–Crippen MR) is 62.8 cm³/mol. The van der Waals surface area contributed by atoms with Crippen molar-refractivity contribution in [2.45, 2.75) is 32.9 Å². The van der Waals surface area contributed by atoms with Crippen LogP contribution in [0.1, 0.15) is 25.1 Å². The molecule has 0 amide bonds. The highest BCUT2D eigenvalue weighted by Crippen LogP contribution is 2.22. The zero-order chi connectivity index (χ0) is 11.5. The van der Waals surface area contributed by atoms with E-state index in [-0.39, 0.29) is 0 Å². The zero-order valence-electron chi connectivity index (χ0n) is 10.0. The van der Waals surface area contributed by atoms with Gasteiger partial charge in [-0.25, -0.2) is 0 Å². The number of methoxy groups -OCH3 is 1. The van der Waals surface area contributed by atoms with Crippen molar-refractivity contribution in [3.8, 4) is 6.01 Å². The van der Waals surface area contributed by atoms with Gasteiger partial charge in [-0.1, -0.05) is 0 Å². The number of anilines is 1. The van der Waals surface area contributed by atoms with E-state index in [0.717, 1.165) is 31.0 Å². The van der Waals surface area contributed by atoms with Crippen molar-refractivity contribution in [2.75, 3.05) is 19.0 Å². The average Bonchev–Trinajstić information content (AvgIpc) is 2.28. The molecule has 1 aliphatic heterocycles. The lowest BCUT2D eigenvalue weighted by Gasteiger charge is -2.21. The lowest BCUT2D eigenvalue weighted by atomic mass is 10.1. The van der Waals surface area contributed by atoms with Crippen molar-refractivity contribution in [2.24, 2.45) is 0 Å². The van der Waals surface area contributed by atoms with Crippen molar-refractivity contribution in [1.29, 1.82) is 0 Å². The van der Waals surface area contributed by atoms with E-state index in [9.17, 15) is 0 Å². The summed E-state index contributed by atoms with van der Waals surface area (Å²) < 4.78 is 5.12. The molecule has 5 nitrogen and oxygen atoms in total. The third-order valence-corrected chi connectivity index (χ3v) is 2.52. The van der Waals surface area contributed by atoms with Crippen LogP contribution in [0.4, 0.5) is 5.82 Å². The van der Waals surface area contributed by atoms with Gasteiger partial charge in [0.2, 0.25) is 0 Å². The summed E-state index contributed by atoms with van der Waals surface area (Å²) in [6, 6.07) is 0.800. The van der Waals surface area contributed by atoms with Gasteiger partial charge in [0.15, 0.2) is 0 Å². The van der Waals surface area contributed by atoms with Crippen molar-refractivity contribution in [1.82, 2.24) is 15.3 Å². The molecule has 2 heterocycles. The molecule has 5 heteroatoms. The number of nitrogens with zero attached hydrogens (tertiary/aromatic N) is 2. The summed E-state index contributed by atoms with van der Waals surface area (Å²) in [6.07, 6.45) is 0.932. The predicted octanol–water partition coefficient (Wildman–Crippen LogP) is 0.951. The molecule has 0 aromatic carbocycles. The van der Waals surface area contributed by atoms with E-state index < -0.39 is 0 Å². The van der Waals surface area contributed by atoms with E-state index in [1.54, 1.807) is 7.11 Å². The fraction of sp³-hybridized carbons (Fsp3) is 0.636. The van der Waals surface area contributed by atoms with Crippen LogP contribution in [0.5, 0.6) is 6.01 Å². The molecule has 2 rings (SSSR count). The van der Waals surface area contributed by atoms with Crippen LogP contribution in [0.15, 0.2) is 0 Å². The minimum Gasteiger partial charge on any atom is -0.467 e. The van der Waals surface area contributed by atoms with Crippen LogP contribution in [0.25, 0.3) is 0 Å². The van der Waals surface area contributed by atoms with Crippen LogP contribution in [0, 0.1) is 0 Å². The molecule has 2 N–H and O–H groups in total. The highest BCUT2D eigenvalue weighted by molar-refractivity contribution is 5.49. The summed E-state index contributed by atoms with van der Waals surface area (Å²) >= 11 is 0. The summed E-state index contributed by atoms with van der Waals surface area (Å²) in [5.41, 5.74) is 2.26. The first-order valence-electron chi connectivity index (χ1n) is 5.61. The second-order valence-corrected chi connectivity index (χ2v) is 4.21. The summed E-state index contributed by atoms with van der Waals surface area (Å²) in [6.45, 7) is 5.98. The first kappa shape index (κ1) is 11.1. The lowest BCUT2D eigenvalue weighted by Crippen LogP contribution is -2.27. The maximum Gasteiger partial charge on any atom is 0.318 e. The van der Waals surface area contributed by atoms with Crippen LogP contribution >= 0.6 is 0 Å². The van der Waals surface area contributed by atoms with Crippen LogP contribution in [-0.2, 0) is 13.0 Å². The minimum absolute atomic E-state index is 0.352. The van der Waals surface area contributed by atoms with Gasteiger partial charge in [-0.15, -0.1) is 0 Å². The van der Waals surface area contributed by atoms with Crippen molar-refractivity contribution < 1.29 is 4.74 Å².